The summed E-state index contributed by atoms with van der Waals surface area (Å²) in [6.45, 7) is 4.00. The van der Waals surface area contributed by atoms with Gasteiger partial charge in [0.05, 0.1) is 23.4 Å². The number of nitrogens with zero attached hydrogens (tertiary/aromatic N) is 1. The minimum Gasteiger partial charge on any atom is -0.323 e. The van der Waals surface area contributed by atoms with E-state index < -0.39 is 6.04 Å². The number of fused-ring (bicyclic) bond motifs is 1. The van der Waals surface area contributed by atoms with Crippen LogP contribution in [0, 0.1) is 5.92 Å². The van der Waals surface area contributed by atoms with Gasteiger partial charge in [-0.25, -0.2) is 0 Å². The number of pyridine rings is 1. The molecule has 5 heteroatoms. The molecule has 3 N–H and O–H groups in total. The molecule has 2 unspecified atom stereocenters. The second kappa shape index (κ2) is 7.22. The second-order valence-electron chi connectivity index (χ2n) is 4.82. The summed E-state index contributed by atoms with van der Waals surface area (Å²) in [5.41, 5.74) is 7.49. The fourth-order valence-electron chi connectivity index (χ4n) is 1.88. The summed E-state index contributed by atoms with van der Waals surface area (Å²) >= 11 is 0. The lowest BCUT2D eigenvalue weighted by molar-refractivity contribution is -0.118. The molecule has 4 nitrogen and oxygen atoms in total. The minimum absolute atomic E-state index is 0. The van der Waals surface area contributed by atoms with Gasteiger partial charge in [-0.3, -0.25) is 9.78 Å². The van der Waals surface area contributed by atoms with Gasteiger partial charge in [-0.05, 0) is 18.1 Å². The van der Waals surface area contributed by atoms with Crippen molar-refractivity contribution in [3.63, 3.8) is 0 Å². The minimum atomic E-state index is -0.489. The zero-order valence-corrected chi connectivity index (χ0v) is 12.5. The zero-order chi connectivity index (χ0) is 13.8. The molecule has 0 radical (unpaired) electrons. The van der Waals surface area contributed by atoms with Gasteiger partial charge in [0.2, 0.25) is 5.91 Å². The van der Waals surface area contributed by atoms with Crippen LogP contribution in [0.4, 0.5) is 5.69 Å². The van der Waals surface area contributed by atoms with E-state index in [0.29, 0.717) is 5.69 Å². The summed E-state index contributed by atoms with van der Waals surface area (Å²) in [4.78, 5) is 16.3. The van der Waals surface area contributed by atoms with Gasteiger partial charge in [-0.15, -0.1) is 12.4 Å². The van der Waals surface area contributed by atoms with E-state index in [1.165, 1.54) is 0 Å². The number of carbonyl (C=O) groups is 1. The summed E-state index contributed by atoms with van der Waals surface area (Å²) in [6.07, 6.45) is 2.54. The maximum absolute atomic E-state index is 12.0. The molecule has 0 fully saturated rings. The SMILES string of the molecule is CCC(C)C(N)C(=O)Nc1cnc2ccccc2c1.Cl. The van der Waals surface area contributed by atoms with Crippen LogP contribution in [0.3, 0.4) is 0 Å². The Morgan fingerprint density at radius 1 is 1.40 bits per heavy atom. The number of hydrogen-bond acceptors (Lipinski definition) is 3. The van der Waals surface area contributed by atoms with Gasteiger partial charge in [0.15, 0.2) is 0 Å². The van der Waals surface area contributed by atoms with Crippen LogP contribution in [-0.4, -0.2) is 16.9 Å². The molecule has 0 spiro atoms. The standard InChI is InChI=1S/C15H19N3O.ClH/c1-3-10(2)14(16)15(19)18-12-8-11-6-4-5-7-13(11)17-9-12;/h4-10,14H,3,16H2,1-2H3,(H,18,19);1H. The predicted octanol–water partition coefficient (Wildman–Crippen LogP) is 2.97. The topological polar surface area (TPSA) is 68.0 Å². The van der Waals surface area contributed by atoms with E-state index in [1.807, 2.05) is 44.2 Å². The van der Waals surface area contributed by atoms with E-state index in [-0.39, 0.29) is 24.2 Å². The van der Waals surface area contributed by atoms with Crippen LogP contribution >= 0.6 is 12.4 Å². The molecule has 108 valence electrons. The van der Waals surface area contributed by atoms with Gasteiger partial charge < -0.3 is 11.1 Å². The quantitative estimate of drug-likeness (QED) is 0.910. The number of carbonyl (C=O) groups excluding carboxylic acids is 1. The molecule has 0 bridgehead atoms. The molecule has 0 aliphatic heterocycles. The van der Waals surface area contributed by atoms with Crippen molar-refractivity contribution < 1.29 is 4.79 Å². The predicted molar refractivity (Wildman–Crippen MR) is 85.1 cm³/mol. The highest BCUT2D eigenvalue weighted by atomic mass is 35.5. The highest BCUT2D eigenvalue weighted by molar-refractivity contribution is 5.96. The third-order valence-corrected chi connectivity index (χ3v) is 3.42. The van der Waals surface area contributed by atoms with E-state index in [0.717, 1.165) is 17.3 Å². The Bertz CT molecular complexity index is 588. The molecule has 1 heterocycles. The van der Waals surface area contributed by atoms with Crippen LogP contribution in [0.1, 0.15) is 20.3 Å². The number of hydrogen-bond donors (Lipinski definition) is 2. The van der Waals surface area contributed by atoms with E-state index in [2.05, 4.69) is 10.3 Å². The number of nitrogens with one attached hydrogen (secondary N) is 1. The highest BCUT2D eigenvalue weighted by Crippen LogP contribution is 2.16. The number of halogens is 1. The van der Waals surface area contributed by atoms with Crippen molar-refractivity contribution in [3.05, 3.63) is 36.5 Å². The molecule has 2 rings (SSSR count). The van der Waals surface area contributed by atoms with E-state index in [4.69, 9.17) is 5.73 Å². The second-order valence-corrected chi connectivity index (χ2v) is 4.82. The number of aromatic nitrogens is 1. The lowest BCUT2D eigenvalue weighted by Gasteiger charge is -2.17. The first-order valence-electron chi connectivity index (χ1n) is 6.53. The lowest BCUT2D eigenvalue weighted by atomic mass is 9.99. The maximum atomic E-state index is 12.0. The normalized spacial score (nSPS) is 13.3. The summed E-state index contributed by atoms with van der Waals surface area (Å²) in [6, 6.07) is 9.20. The van der Waals surface area contributed by atoms with Crippen molar-refractivity contribution in [2.45, 2.75) is 26.3 Å². The average molecular weight is 294 g/mol. The molecular weight excluding hydrogens is 274 g/mol. The van der Waals surface area contributed by atoms with Gasteiger partial charge in [0.1, 0.15) is 0 Å². The van der Waals surface area contributed by atoms with Crippen LogP contribution < -0.4 is 11.1 Å². The Balaban J connectivity index is 0.00000200. The molecule has 0 saturated heterocycles. The van der Waals surface area contributed by atoms with E-state index in [1.54, 1.807) is 6.20 Å². The molecule has 2 atom stereocenters. The Morgan fingerprint density at radius 3 is 2.80 bits per heavy atom. The summed E-state index contributed by atoms with van der Waals surface area (Å²) in [5.74, 6) is -0.000142. The van der Waals surface area contributed by atoms with Gasteiger partial charge in [0.25, 0.3) is 0 Å². The highest BCUT2D eigenvalue weighted by Gasteiger charge is 2.19. The van der Waals surface area contributed by atoms with Crippen LogP contribution in [0.25, 0.3) is 10.9 Å². The van der Waals surface area contributed by atoms with Crippen LogP contribution in [0.2, 0.25) is 0 Å². The maximum Gasteiger partial charge on any atom is 0.241 e. The molecule has 0 aliphatic carbocycles. The fourth-order valence-corrected chi connectivity index (χ4v) is 1.88. The number of amides is 1. The van der Waals surface area contributed by atoms with Crippen molar-refractivity contribution in [1.29, 1.82) is 0 Å². The zero-order valence-electron chi connectivity index (χ0n) is 11.7. The Morgan fingerprint density at radius 2 is 2.10 bits per heavy atom. The van der Waals surface area contributed by atoms with Crippen LogP contribution in [0.5, 0.6) is 0 Å². The molecule has 1 amide bonds. The molecule has 2 aromatic rings. The van der Waals surface area contributed by atoms with Gasteiger partial charge in [0, 0.05) is 5.39 Å². The van der Waals surface area contributed by atoms with Crippen molar-refractivity contribution in [1.82, 2.24) is 4.98 Å². The van der Waals surface area contributed by atoms with Gasteiger partial charge in [-0.2, -0.15) is 0 Å². The van der Waals surface area contributed by atoms with Crippen molar-refractivity contribution in [3.8, 4) is 0 Å². The number of anilines is 1. The van der Waals surface area contributed by atoms with Crippen molar-refractivity contribution in [2.75, 3.05) is 5.32 Å². The first-order chi connectivity index (χ1) is 9.11. The number of benzene rings is 1. The van der Waals surface area contributed by atoms with Crippen molar-refractivity contribution >= 4 is 34.9 Å². The third-order valence-electron chi connectivity index (χ3n) is 3.42. The molecule has 20 heavy (non-hydrogen) atoms. The van der Waals surface area contributed by atoms with Crippen molar-refractivity contribution in [2.24, 2.45) is 11.7 Å². The molecular formula is C15H20ClN3O. The largest absolute Gasteiger partial charge is 0.323 e. The van der Waals surface area contributed by atoms with Crippen LogP contribution in [-0.2, 0) is 4.79 Å². The summed E-state index contributed by atoms with van der Waals surface area (Å²) in [5, 5.41) is 3.82. The lowest BCUT2D eigenvalue weighted by Crippen LogP contribution is -2.40. The number of para-hydroxylation sites is 1. The molecule has 1 aromatic heterocycles. The van der Waals surface area contributed by atoms with E-state index in [9.17, 15) is 4.79 Å². The molecule has 0 saturated carbocycles. The van der Waals surface area contributed by atoms with Crippen LogP contribution in [0.15, 0.2) is 36.5 Å². The Labute approximate surface area is 125 Å². The molecule has 1 aromatic carbocycles. The van der Waals surface area contributed by atoms with E-state index >= 15 is 0 Å². The number of nitrogens with two attached hydrogens (primary N) is 1. The summed E-state index contributed by atoms with van der Waals surface area (Å²) in [7, 11) is 0. The smallest absolute Gasteiger partial charge is 0.241 e. The Kier molecular flexibility index (Phi) is 5.92. The Hall–Kier alpha value is -1.65. The first kappa shape index (κ1) is 16.4. The van der Waals surface area contributed by atoms with Gasteiger partial charge >= 0.3 is 0 Å². The summed E-state index contributed by atoms with van der Waals surface area (Å²) < 4.78 is 0. The van der Waals surface area contributed by atoms with Gasteiger partial charge in [-0.1, -0.05) is 38.5 Å². The monoisotopic (exact) mass is 293 g/mol. The first-order valence-corrected chi connectivity index (χ1v) is 6.53. The number of rotatable bonds is 4. The molecule has 0 aliphatic rings. The third kappa shape index (κ3) is 3.68. The average Bonchev–Trinajstić information content (AvgIpc) is 2.45. The fraction of sp³-hybridized carbons (Fsp3) is 0.333.